The second kappa shape index (κ2) is 5.80. The molecule has 1 aromatic rings. The minimum atomic E-state index is -4.67. The molecule has 2 rings (SSSR count). The minimum Gasteiger partial charge on any atom is -0.315 e. The lowest BCUT2D eigenvalue weighted by Gasteiger charge is -2.23. The van der Waals surface area contributed by atoms with Crippen LogP contribution in [0, 0.1) is 5.82 Å². The molecular weight excluding hydrogens is 312 g/mol. The van der Waals surface area contributed by atoms with Crippen molar-refractivity contribution in [2.75, 3.05) is 17.8 Å². The summed E-state index contributed by atoms with van der Waals surface area (Å²) in [5, 5.41) is 2.09. The smallest absolute Gasteiger partial charge is 0.315 e. The summed E-state index contributed by atoms with van der Waals surface area (Å²) in [5.41, 5.74) is -1.79. The Morgan fingerprint density at radius 1 is 1.29 bits per heavy atom. The number of piperidine rings is 1. The van der Waals surface area contributed by atoms with Gasteiger partial charge in [-0.2, -0.15) is 13.2 Å². The Morgan fingerprint density at radius 2 is 2.00 bits per heavy atom. The van der Waals surface area contributed by atoms with Gasteiger partial charge in [-0.3, -0.25) is 4.72 Å². The lowest BCUT2D eigenvalue weighted by Crippen LogP contribution is -2.41. The molecule has 118 valence electrons. The van der Waals surface area contributed by atoms with E-state index in [1.54, 1.807) is 0 Å². The molecule has 1 fully saturated rings. The second-order valence-corrected chi connectivity index (χ2v) is 6.77. The molecule has 1 unspecified atom stereocenters. The highest BCUT2D eigenvalue weighted by molar-refractivity contribution is 7.93. The summed E-state index contributed by atoms with van der Waals surface area (Å²) in [6, 6.07) is 1.62. The highest BCUT2D eigenvalue weighted by atomic mass is 32.2. The van der Waals surface area contributed by atoms with Crippen LogP contribution in [0.2, 0.25) is 0 Å². The zero-order valence-corrected chi connectivity index (χ0v) is 11.7. The van der Waals surface area contributed by atoms with Gasteiger partial charge in [0.2, 0.25) is 10.0 Å². The largest absolute Gasteiger partial charge is 0.416 e. The van der Waals surface area contributed by atoms with E-state index in [1.807, 2.05) is 4.72 Å². The van der Waals surface area contributed by atoms with Gasteiger partial charge in [0.25, 0.3) is 0 Å². The zero-order valence-electron chi connectivity index (χ0n) is 10.9. The molecule has 1 heterocycles. The number of alkyl halides is 3. The van der Waals surface area contributed by atoms with E-state index in [4.69, 9.17) is 0 Å². The number of anilines is 1. The normalized spacial score (nSPS) is 20.3. The fourth-order valence-electron chi connectivity index (χ4n) is 2.10. The number of halogens is 4. The standard InChI is InChI=1S/C12H14F4N2O2S/c13-10-4-3-8(12(14,15)16)6-11(10)18-21(19,20)9-2-1-5-17-7-9/h3-4,6,9,17-18H,1-2,5,7H2. The van der Waals surface area contributed by atoms with Crippen LogP contribution in [0.5, 0.6) is 0 Å². The first kappa shape index (κ1) is 16.0. The van der Waals surface area contributed by atoms with Gasteiger partial charge >= 0.3 is 6.18 Å². The number of benzene rings is 1. The molecule has 1 aromatic carbocycles. The molecule has 1 atom stereocenters. The summed E-state index contributed by atoms with van der Waals surface area (Å²) in [4.78, 5) is 0. The van der Waals surface area contributed by atoms with Crippen molar-refractivity contribution < 1.29 is 26.0 Å². The van der Waals surface area contributed by atoms with Gasteiger partial charge in [-0.05, 0) is 37.6 Å². The first-order chi connectivity index (χ1) is 9.70. The third kappa shape index (κ3) is 3.85. The maximum atomic E-state index is 13.5. The highest BCUT2D eigenvalue weighted by Crippen LogP contribution is 2.32. The van der Waals surface area contributed by atoms with Crippen LogP contribution >= 0.6 is 0 Å². The van der Waals surface area contributed by atoms with Gasteiger partial charge < -0.3 is 5.32 Å². The van der Waals surface area contributed by atoms with Crippen LogP contribution in [0.3, 0.4) is 0 Å². The van der Waals surface area contributed by atoms with Crippen molar-refractivity contribution >= 4 is 15.7 Å². The van der Waals surface area contributed by atoms with Crippen molar-refractivity contribution in [1.29, 1.82) is 0 Å². The summed E-state index contributed by atoms with van der Waals surface area (Å²) < 4.78 is 77.3. The van der Waals surface area contributed by atoms with E-state index in [9.17, 15) is 26.0 Å². The average Bonchev–Trinajstić information content (AvgIpc) is 2.41. The average molecular weight is 326 g/mol. The van der Waals surface area contributed by atoms with Gasteiger partial charge in [-0.1, -0.05) is 0 Å². The lowest BCUT2D eigenvalue weighted by molar-refractivity contribution is -0.137. The molecule has 21 heavy (non-hydrogen) atoms. The second-order valence-electron chi connectivity index (χ2n) is 4.81. The van der Waals surface area contributed by atoms with E-state index >= 15 is 0 Å². The molecule has 9 heteroatoms. The Hall–Kier alpha value is -1.35. The van der Waals surface area contributed by atoms with Crippen LogP contribution in [0.1, 0.15) is 18.4 Å². The number of hydrogen-bond donors (Lipinski definition) is 2. The summed E-state index contributed by atoms with van der Waals surface area (Å²) >= 11 is 0. The predicted molar refractivity (Wildman–Crippen MR) is 69.8 cm³/mol. The third-order valence-electron chi connectivity index (χ3n) is 3.24. The summed E-state index contributed by atoms with van der Waals surface area (Å²) in [6.45, 7) is 0.875. The molecule has 0 aliphatic carbocycles. The molecule has 1 aliphatic heterocycles. The van der Waals surface area contributed by atoms with Crippen molar-refractivity contribution in [2.45, 2.75) is 24.3 Å². The molecule has 0 spiro atoms. The number of rotatable bonds is 3. The van der Waals surface area contributed by atoms with E-state index in [2.05, 4.69) is 5.32 Å². The maximum absolute atomic E-state index is 13.5. The van der Waals surface area contributed by atoms with Gasteiger partial charge in [-0.15, -0.1) is 0 Å². The van der Waals surface area contributed by atoms with Crippen LogP contribution in [-0.4, -0.2) is 26.8 Å². The number of nitrogens with one attached hydrogen (secondary N) is 2. The Bertz CT molecular complexity index is 610. The molecule has 0 saturated carbocycles. The predicted octanol–water partition coefficient (Wildman–Crippen LogP) is 2.34. The maximum Gasteiger partial charge on any atom is 0.416 e. The van der Waals surface area contributed by atoms with Crippen LogP contribution in [0.15, 0.2) is 18.2 Å². The van der Waals surface area contributed by atoms with Gasteiger partial charge in [0.1, 0.15) is 5.82 Å². The SMILES string of the molecule is O=S(=O)(Nc1cc(C(F)(F)F)ccc1F)C1CCCNC1. The van der Waals surface area contributed by atoms with Crippen LogP contribution < -0.4 is 10.0 Å². The Balaban J connectivity index is 2.26. The van der Waals surface area contributed by atoms with Crippen molar-refractivity contribution in [3.05, 3.63) is 29.6 Å². The van der Waals surface area contributed by atoms with Gasteiger partial charge in [-0.25, -0.2) is 12.8 Å². The first-order valence-corrected chi connectivity index (χ1v) is 7.84. The van der Waals surface area contributed by atoms with E-state index < -0.39 is 38.5 Å². The fourth-order valence-corrected chi connectivity index (χ4v) is 3.54. The van der Waals surface area contributed by atoms with Crippen molar-refractivity contribution in [3.8, 4) is 0 Å². The van der Waals surface area contributed by atoms with E-state index in [1.165, 1.54) is 0 Å². The fraction of sp³-hybridized carbons (Fsp3) is 0.500. The molecule has 1 aliphatic rings. The summed E-state index contributed by atoms with van der Waals surface area (Å²) in [6.07, 6.45) is -3.65. The number of sulfonamides is 1. The first-order valence-electron chi connectivity index (χ1n) is 6.29. The van der Waals surface area contributed by atoms with E-state index in [0.717, 1.165) is 0 Å². The van der Waals surface area contributed by atoms with Gasteiger partial charge in [0.05, 0.1) is 16.5 Å². The quantitative estimate of drug-likeness (QED) is 0.838. The van der Waals surface area contributed by atoms with Gasteiger partial charge in [0, 0.05) is 6.54 Å². The molecule has 2 N–H and O–H groups in total. The molecule has 0 bridgehead atoms. The summed E-state index contributed by atoms with van der Waals surface area (Å²) in [5.74, 6) is -1.05. The Morgan fingerprint density at radius 3 is 2.57 bits per heavy atom. The zero-order chi connectivity index (χ0) is 15.7. The molecule has 0 radical (unpaired) electrons. The summed E-state index contributed by atoms with van der Waals surface area (Å²) in [7, 11) is -3.94. The Labute approximate surface area is 119 Å². The van der Waals surface area contributed by atoms with E-state index in [-0.39, 0.29) is 6.54 Å². The van der Waals surface area contributed by atoms with Crippen LogP contribution in [0.25, 0.3) is 0 Å². The monoisotopic (exact) mass is 326 g/mol. The minimum absolute atomic E-state index is 0.190. The van der Waals surface area contributed by atoms with Crippen LogP contribution in [0.4, 0.5) is 23.2 Å². The molecule has 4 nitrogen and oxygen atoms in total. The van der Waals surface area contributed by atoms with Crippen molar-refractivity contribution in [1.82, 2.24) is 5.32 Å². The molecule has 1 saturated heterocycles. The molecule has 0 aromatic heterocycles. The van der Waals surface area contributed by atoms with Gasteiger partial charge in [0.15, 0.2) is 0 Å². The topological polar surface area (TPSA) is 58.2 Å². The van der Waals surface area contributed by atoms with E-state index in [0.29, 0.717) is 37.6 Å². The third-order valence-corrected chi connectivity index (χ3v) is 5.02. The van der Waals surface area contributed by atoms with Crippen molar-refractivity contribution in [2.24, 2.45) is 0 Å². The van der Waals surface area contributed by atoms with Crippen molar-refractivity contribution in [3.63, 3.8) is 0 Å². The molecular formula is C12H14F4N2O2S. The lowest BCUT2D eigenvalue weighted by atomic mass is 10.2. The Kier molecular flexibility index (Phi) is 4.43. The van der Waals surface area contributed by atoms with Crippen LogP contribution in [-0.2, 0) is 16.2 Å². The highest BCUT2D eigenvalue weighted by Gasteiger charge is 2.33. The molecule has 0 amide bonds. The number of hydrogen-bond acceptors (Lipinski definition) is 3.